The number of piperazine rings is 1. The van der Waals surface area contributed by atoms with Crippen LogP contribution < -0.4 is 4.90 Å². The molecule has 4 aromatic rings. The lowest BCUT2D eigenvalue weighted by molar-refractivity contribution is 0.0673. The average molecular weight is 451 g/mol. The van der Waals surface area contributed by atoms with Crippen LogP contribution in [0.15, 0.2) is 48.5 Å². The van der Waals surface area contributed by atoms with E-state index in [4.69, 9.17) is 21.3 Å². The van der Waals surface area contributed by atoms with Gasteiger partial charge in [0, 0.05) is 38.2 Å². The summed E-state index contributed by atoms with van der Waals surface area (Å²) in [5.74, 6) is 1.40. The molecule has 0 N–H and O–H groups in total. The molecule has 1 saturated heterocycles. The number of halogens is 1. The second-order valence-electron chi connectivity index (χ2n) is 7.91. The van der Waals surface area contributed by atoms with Crippen LogP contribution in [0.2, 0.25) is 5.02 Å². The number of fused-ring (bicyclic) bond motifs is 3. The van der Waals surface area contributed by atoms with Crippen LogP contribution in [-0.2, 0) is 11.3 Å². The fraction of sp³-hybridized carbons (Fsp3) is 0.304. The van der Waals surface area contributed by atoms with Gasteiger partial charge in [0.25, 0.3) is 5.91 Å². The number of carbonyl (C=O) groups is 1. The van der Waals surface area contributed by atoms with Gasteiger partial charge in [-0.3, -0.25) is 4.79 Å². The Morgan fingerprint density at radius 3 is 2.69 bits per heavy atom. The van der Waals surface area contributed by atoms with Crippen molar-refractivity contribution in [2.45, 2.75) is 19.6 Å². The number of benzene rings is 2. The third-order valence-electron chi connectivity index (χ3n) is 5.84. The van der Waals surface area contributed by atoms with Crippen molar-refractivity contribution in [1.82, 2.24) is 24.5 Å². The number of hydrogen-bond donors (Lipinski definition) is 0. The van der Waals surface area contributed by atoms with Gasteiger partial charge in [0.2, 0.25) is 5.95 Å². The molecule has 2 aromatic heterocycles. The van der Waals surface area contributed by atoms with Gasteiger partial charge < -0.3 is 14.5 Å². The Morgan fingerprint density at radius 2 is 1.91 bits per heavy atom. The summed E-state index contributed by atoms with van der Waals surface area (Å²) in [7, 11) is 1.64. The topological polar surface area (TPSA) is 75.9 Å². The molecular weight excluding hydrogens is 428 g/mol. The van der Waals surface area contributed by atoms with Crippen LogP contribution in [0.1, 0.15) is 23.1 Å². The molecular formula is C23H23ClN6O2. The zero-order valence-electron chi connectivity index (χ0n) is 17.9. The predicted octanol–water partition coefficient (Wildman–Crippen LogP) is 3.43. The minimum atomic E-state index is -0.0521. The molecule has 5 rings (SSSR count). The second kappa shape index (κ2) is 8.37. The molecule has 32 heavy (non-hydrogen) atoms. The van der Waals surface area contributed by atoms with Gasteiger partial charge in [0.1, 0.15) is 6.61 Å². The summed E-state index contributed by atoms with van der Waals surface area (Å²) in [6.07, 6.45) is 0. The van der Waals surface area contributed by atoms with E-state index in [1.54, 1.807) is 19.2 Å². The van der Waals surface area contributed by atoms with Crippen molar-refractivity contribution in [3.8, 4) is 0 Å². The maximum Gasteiger partial charge on any atom is 0.255 e. The van der Waals surface area contributed by atoms with Gasteiger partial charge in [-0.2, -0.15) is 0 Å². The monoisotopic (exact) mass is 450 g/mol. The largest absolute Gasteiger partial charge is 0.377 e. The number of para-hydroxylation sites is 1. The van der Waals surface area contributed by atoms with Gasteiger partial charge in [-0.05, 0) is 31.2 Å². The lowest BCUT2D eigenvalue weighted by Gasteiger charge is -2.40. The highest BCUT2D eigenvalue weighted by Crippen LogP contribution is 2.27. The Morgan fingerprint density at radius 1 is 1.12 bits per heavy atom. The molecule has 2 aromatic carbocycles. The van der Waals surface area contributed by atoms with E-state index in [-0.39, 0.29) is 11.9 Å². The van der Waals surface area contributed by atoms with E-state index in [2.05, 4.69) is 15.1 Å². The van der Waals surface area contributed by atoms with Crippen molar-refractivity contribution in [1.29, 1.82) is 0 Å². The third-order valence-corrected chi connectivity index (χ3v) is 6.17. The van der Waals surface area contributed by atoms with E-state index in [1.807, 2.05) is 52.6 Å². The quantitative estimate of drug-likeness (QED) is 0.474. The van der Waals surface area contributed by atoms with Crippen molar-refractivity contribution in [2.24, 2.45) is 0 Å². The number of rotatable bonds is 4. The van der Waals surface area contributed by atoms with Crippen LogP contribution in [-0.4, -0.2) is 63.2 Å². The Bertz CT molecular complexity index is 1310. The maximum atomic E-state index is 13.1. The fourth-order valence-electron chi connectivity index (χ4n) is 4.28. The van der Waals surface area contributed by atoms with E-state index in [1.165, 1.54) is 0 Å². The van der Waals surface area contributed by atoms with Gasteiger partial charge in [0.15, 0.2) is 11.5 Å². The Balaban J connectivity index is 1.50. The molecule has 9 heteroatoms. The fourth-order valence-corrected chi connectivity index (χ4v) is 4.50. The smallest absolute Gasteiger partial charge is 0.255 e. The van der Waals surface area contributed by atoms with E-state index >= 15 is 0 Å². The number of methoxy groups -OCH3 is 1. The van der Waals surface area contributed by atoms with Crippen molar-refractivity contribution < 1.29 is 9.53 Å². The number of ether oxygens (including phenoxy) is 1. The molecule has 0 bridgehead atoms. The molecule has 0 spiro atoms. The first-order valence-corrected chi connectivity index (χ1v) is 10.9. The molecule has 0 saturated carbocycles. The molecule has 1 atom stereocenters. The highest BCUT2D eigenvalue weighted by molar-refractivity contribution is 6.33. The number of carbonyl (C=O) groups excluding carboxylic acids is 1. The Hall–Kier alpha value is -3.23. The molecule has 1 unspecified atom stereocenters. The summed E-state index contributed by atoms with van der Waals surface area (Å²) in [4.78, 5) is 22.1. The van der Waals surface area contributed by atoms with Gasteiger partial charge in [0.05, 0.1) is 16.1 Å². The highest BCUT2D eigenvalue weighted by atomic mass is 35.5. The van der Waals surface area contributed by atoms with Gasteiger partial charge >= 0.3 is 0 Å². The Kier molecular flexibility index (Phi) is 5.40. The van der Waals surface area contributed by atoms with Gasteiger partial charge in [-0.25, -0.2) is 9.38 Å². The predicted molar refractivity (Wildman–Crippen MR) is 123 cm³/mol. The first kappa shape index (κ1) is 20.7. The summed E-state index contributed by atoms with van der Waals surface area (Å²) < 4.78 is 7.31. The van der Waals surface area contributed by atoms with Crippen molar-refractivity contribution in [3.05, 3.63) is 64.9 Å². The second-order valence-corrected chi connectivity index (χ2v) is 8.32. The molecule has 1 fully saturated rings. The van der Waals surface area contributed by atoms with Crippen LogP contribution in [0.5, 0.6) is 0 Å². The van der Waals surface area contributed by atoms with Crippen LogP contribution >= 0.6 is 11.6 Å². The molecule has 0 radical (unpaired) electrons. The third kappa shape index (κ3) is 3.45. The van der Waals surface area contributed by atoms with Crippen LogP contribution in [0, 0.1) is 0 Å². The summed E-state index contributed by atoms with van der Waals surface area (Å²) >= 11 is 6.27. The van der Waals surface area contributed by atoms with Crippen molar-refractivity contribution in [3.63, 3.8) is 0 Å². The number of aromatic nitrogens is 4. The number of anilines is 1. The Labute approximate surface area is 190 Å². The molecule has 164 valence electrons. The van der Waals surface area contributed by atoms with Crippen molar-refractivity contribution in [2.75, 3.05) is 31.6 Å². The normalized spacial score (nSPS) is 16.8. The lowest BCUT2D eigenvalue weighted by atomic mass is 10.1. The van der Waals surface area contributed by atoms with Crippen LogP contribution in [0.3, 0.4) is 0 Å². The zero-order valence-corrected chi connectivity index (χ0v) is 18.7. The minimum Gasteiger partial charge on any atom is -0.377 e. The van der Waals surface area contributed by atoms with E-state index in [9.17, 15) is 4.79 Å². The van der Waals surface area contributed by atoms with Crippen LogP contribution in [0.25, 0.3) is 16.6 Å². The molecule has 1 amide bonds. The van der Waals surface area contributed by atoms with Gasteiger partial charge in [-0.1, -0.05) is 35.9 Å². The summed E-state index contributed by atoms with van der Waals surface area (Å²) in [5.41, 5.74) is 2.13. The lowest BCUT2D eigenvalue weighted by Crippen LogP contribution is -2.54. The summed E-state index contributed by atoms with van der Waals surface area (Å²) in [6.45, 7) is 4.19. The van der Waals surface area contributed by atoms with Crippen molar-refractivity contribution >= 4 is 40.0 Å². The first-order valence-electron chi connectivity index (χ1n) is 10.5. The van der Waals surface area contributed by atoms with E-state index in [0.29, 0.717) is 42.7 Å². The molecule has 1 aliphatic heterocycles. The zero-order chi connectivity index (χ0) is 22.2. The first-order chi connectivity index (χ1) is 15.6. The van der Waals surface area contributed by atoms with Crippen LogP contribution in [0.4, 0.5) is 5.95 Å². The maximum absolute atomic E-state index is 13.1. The summed E-state index contributed by atoms with van der Waals surface area (Å²) in [6, 6.07) is 15.0. The molecule has 8 nitrogen and oxygen atoms in total. The highest BCUT2D eigenvalue weighted by Gasteiger charge is 2.31. The summed E-state index contributed by atoms with van der Waals surface area (Å²) in [5, 5.41) is 10.2. The van der Waals surface area contributed by atoms with E-state index in [0.717, 1.165) is 22.5 Å². The molecule has 3 heterocycles. The molecule has 1 aliphatic rings. The number of nitrogens with zero attached hydrogens (tertiary/aromatic N) is 6. The average Bonchev–Trinajstić information content (AvgIpc) is 3.23. The van der Waals surface area contributed by atoms with Gasteiger partial charge in [-0.15, -0.1) is 10.2 Å². The van der Waals surface area contributed by atoms with E-state index < -0.39 is 0 Å². The number of hydrogen-bond acceptors (Lipinski definition) is 6. The standard InChI is InChI=1S/C23H23ClN6O2/c1-15-13-28(11-12-29(15)22(31)16-7-3-5-9-18(16)24)23-25-19-10-6-4-8-17(19)21-27-26-20(14-32-2)30(21)23/h3-10,15H,11-14H2,1-2H3. The SMILES string of the molecule is COCc1nnc2c3ccccc3nc(N3CCN(C(=O)c4ccccc4Cl)C(C)C3)n12. The number of amides is 1. The molecule has 0 aliphatic carbocycles. The minimum absolute atomic E-state index is 0.0294.